The maximum Gasteiger partial charge on any atom is 0.262 e. The van der Waals surface area contributed by atoms with Crippen LogP contribution in [-0.4, -0.2) is 27.9 Å². The smallest absolute Gasteiger partial charge is 0.262 e. The van der Waals surface area contributed by atoms with Crippen LogP contribution in [-0.2, 0) is 11.3 Å². The first kappa shape index (κ1) is 17.8. The van der Waals surface area contributed by atoms with E-state index in [4.69, 9.17) is 0 Å². The molecule has 0 atom stereocenters. The molecule has 0 aliphatic heterocycles. The van der Waals surface area contributed by atoms with Crippen LogP contribution < -0.4 is 16.2 Å². The molecule has 0 saturated heterocycles. The summed E-state index contributed by atoms with van der Waals surface area (Å²) in [6.45, 7) is 2.55. The number of carbonyl (C=O) groups excluding carboxylic acids is 2. The fraction of sp³-hybridized carbons (Fsp3) is 0.222. The lowest BCUT2D eigenvalue weighted by Crippen LogP contribution is -2.26. The summed E-state index contributed by atoms with van der Waals surface area (Å²) in [4.78, 5) is 41.5. The lowest BCUT2D eigenvalue weighted by atomic mass is 10.1. The second-order valence-electron chi connectivity index (χ2n) is 5.59. The second kappa shape index (κ2) is 7.92. The number of carbonyl (C=O) groups is 2. The highest BCUT2D eigenvalue weighted by atomic mass is 32.1. The predicted molar refractivity (Wildman–Crippen MR) is 102 cm³/mol. The van der Waals surface area contributed by atoms with E-state index in [-0.39, 0.29) is 30.3 Å². The number of aromatic nitrogens is 2. The van der Waals surface area contributed by atoms with Crippen molar-refractivity contribution in [2.75, 3.05) is 11.9 Å². The minimum Gasteiger partial charge on any atom is -0.352 e. The first-order valence-electron chi connectivity index (χ1n) is 8.20. The third-order valence-electron chi connectivity index (χ3n) is 3.81. The molecule has 2 N–H and O–H groups in total. The number of thiophene rings is 1. The van der Waals surface area contributed by atoms with E-state index in [9.17, 15) is 14.4 Å². The van der Waals surface area contributed by atoms with Crippen LogP contribution in [0.2, 0.25) is 0 Å². The highest BCUT2D eigenvalue weighted by molar-refractivity contribution is 7.16. The average Bonchev–Trinajstić information content (AvgIpc) is 3.11. The van der Waals surface area contributed by atoms with Crippen LogP contribution >= 0.6 is 11.3 Å². The Morgan fingerprint density at radius 1 is 1.23 bits per heavy atom. The molecule has 2 amide bonds. The molecular formula is C18H18N4O3S. The average molecular weight is 370 g/mol. The van der Waals surface area contributed by atoms with E-state index < -0.39 is 0 Å². The fourth-order valence-corrected chi connectivity index (χ4v) is 3.26. The van der Waals surface area contributed by atoms with Gasteiger partial charge in [-0.05, 0) is 30.5 Å². The number of hydrogen-bond donors (Lipinski definition) is 2. The molecule has 7 nitrogen and oxygen atoms in total. The van der Waals surface area contributed by atoms with Crippen LogP contribution in [0.1, 0.15) is 23.7 Å². The molecule has 0 spiro atoms. The Kier molecular flexibility index (Phi) is 5.43. The number of fused-ring (bicyclic) bond motifs is 1. The molecule has 0 aliphatic rings. The van der Waals surface area contributed by atoms with Crippen molar-refractivity contribution in [1.82, 2.24) is 14.9 Å². The molecule has 3 rings (SSSR count). The minimum atomic E-state index is -0.279. The zero-order valence-corrected chi connectivity index (χ0v) is 15.0. The van der Waals surface area contributed by atoms with E-state index in [2.05, 4.69) is 15.6 Å². The van der Waals surface area contributed by atoms with Gasteiger partial charge in [0.15, 0.2) is 0 Å². The van der Waals surface area contributed by atoms with Crippen molar-refractivity contribution in [3.05, 3.63) is 58.0 Å². The van der Waals surface area contributed by atoms with Crippen molar-refractivity contribution in [1.29, 1.82) is 0 Å². The Balaban J connectivity index is 1.69. The summed E-state index contributed by atoms with van der Waals surface area (Å²) in [5, 5.41) is 7.82. The molecule has 134 valence electrons. The molecule has 8 heteroatoms. The zero-order valence-electron chi connectivity index (χ0n) is 14.2. The highest BCUT2D eigenvalue weighted by Crippen LogP contribution is 2.16. The minimum absolute atomic E-state index is 0.0982. The molecule has 2 aromatic heterocycles. The standard InChI is InChI=1S/C18H18N4O3S/c1-2-19-16(24)12-5-3-4-6-14(12)21-15(23)7-9-22-11-20-17-13(18(22)25)8-10-26-17/h3-6,8,10-11H,2,7,9H2,1H3,(H,19,24)(H,21,23). The Labute approximate surface area is 153 Å². The SMILES string of the molecule is CCNC(=O)c1ccccc1NC(=O)CCn1cnc2sccc2c1=O. The maximum atomic E-state index is 12.3. The van der Waals surface area contributed by atoms with Crippen LogP contribution in [0.3, 0.4) is 0 Å². The molecule has 1 aromatic carbocycles. The topological polar surface area (TPSA) is 93.1 Å². The number of benzene rings is 1. The summed E-state index contributed by atoms with van der Waals surface area (Å²) in [6, 6.07) is 8.54. The Morgan fingerprint density at radius 3 is 2.85 bits per heavy atom. The highest BCUT2D eigenvalue weighted by Gasteiger charge is 2.13. The van der Waals surface area contributed by atoms with Gasteiger partial charge in [-0.15, -0.1) is 11.3 Å². The van der Waals surface area contributed by atoms with Crippen LogP contribution in [0.15, 0.2) is 46.8 Å². The molecular weight excluding hydrogens is 352 g/mol. The van der Waals surface area contributed by atoms with E-state index in [1.165, 1.54) is 22.2 Å². The second-order valence-corrected chi connectivity index (χ2v) is 6.48. The first-order chi connectivity index (χ1) is 12.6. The number of para-hydroxylation sites is 1. The largest absolute Gasteiger partial charge is 0.352 e. The van der Waals surface area contributed by atoms with Gasteiger partial charge in [0.1, 0.15) is 4.83 Å². The van der Waals surface area contributed by atoms with Gasteiger partial charge >= 0.3 is 0 Å². The van der Waals surface area contributed by atoms with Gasteiger partial charge in [-0.1, -0.05) is 12.1 Å². The Morgan fingerprint density at radius 2 is 2.04 bits per heavy atom. The van der Waals surface area contributed by atoms with Crippen LogP contribution in [0, 0.1) is 0 Å². The van der Waals surface area contributed by atoms with Crippen LogP contribution in [0.5, 0.6) is 0 Å². The molecule has 0 aliphatic carbocycles. The zero-order chi connectivity index (χ0) is 18.5. The van der Waals surface area contributed by atoms with Crippen molar-refractivity contribution < 1.29 is 9.59 Å². The lowest BCUT2D eigenvalue weighted by molar-refractivity contribution is -0.116. The van der Waals surface area contributed by atoms with Crippen molar-refractivity contribution in [2.45, 2.75) is 19.9 Å². The third-order valence-corrected chi connectivity index (χ3v) is 4.63. The van der Waals surface area contributed by atoms with E-state index in [1.54, 1.807) is 30.3 Å². The number of amides is 2. The summed E-state index contributed by atoms with van der Waals surface area (Å²) in [6.07, 6.45) is 1.55. The van der Waals surface area contributed by atoms with Crippen molar-refractivity contribution >= 4 is 39.1 Å². The quantitative estimate of drug-likeness (QED) is 0.696. The Hall–Kier alpha value is -3.00. The normalized spacial score (nSPS) is 10.7. The van der Waals surface area contributed by atoms with Crippen LogP contribution in [0.25, 0.3) is 10.2 Å². The number of nitrogens with zero attached hydrogens (tertiary/aromatic N) is 2. The molecule has 3 aromatic rings. The van der Waals surface area contributed by atoms with Gasteiger partial charge in [-0.25, -0.2) is 4.98 Å². The summed E-state index contributed by atoms with van der Waals surface area (Å²) >= 11 is 1.40. The van der Waals surface area contributed by atoms with Gasteiger partial charge in [0.25, 0.3) is 11.5 Å². The van der Waals surface area contributed by atoms with E-state index >= 15 is 0 Å². The first-order valence-corrected chi connectivity index (χ1v) is 9.08. The molecule has 0 radical (unpaired) electrons. The van der Waals surface area contributed by atoms with Crippen LogP contribution in [0.4, 0.5) is 5.69 Å². The number of anilines is 1. The van der Waals surface area contributed by atoms with Gasteiger partial charge in [-0.2, -0.15) is 0 Å². The molecule has 0 fully saturated rings. The summed E-state index contributed by atoms with van der Waals surface area (Å²) in [5.41, 5.74) is 0.690. The molecule has 0 bridgehead atoms. The number of aryl methyl sites for hydroxylation is 1. The summed E-state index contributed by atoms with van der Waals surface area (Å²) in [5.74, 6) is -0.522. The summed E-state index contributed by atoms with van der Waals surface area (Å²) < 4.78 is 1.42. The molecule has 2 heterocycles. The van der Waals surface area contributed by atoms with Gasteiger partial charge in [0, 0.05) is 19.5 Å². The van der Waals surface area contributed by atoms with Crippen molar-refractivity contribution in [3.63, 3.8) is 0 Å². The number of rotatable bonds is 6. The predicted octanol–water partition coefficient (Wildman–Crippen LogP) is 2.24. The van der Waals surface area contributed by atoms with Crippen molar-refractivity contribution in [2.24, 2.45) is 0 Å². The molecule has 26 heavy (non-hydrogen) atoms. The Bertz CT molecular complexity index is 1010. The fourth-order valence-electron chi connectivity index (χ4n) is 2.53. The lowest BCUT2D eigenvalue weighted by Gasteiger charge is -2.11. The van der Waals surface area contributed by atoms with E-state index in [0.29, 0.717) is 28.0 Å². The van der Waals surface area contributed by atoms with Crippen molar-refractivity contribution in [3.8, 4) is 0 Å². The number of hydrogen-bond acceptors (Lipinski definition) is 5. The van der Waals surface area contributed by atoms with Gasteiger partial charge < -0.3 is 10.6 Å². The van der Waals surface area contributed by atoms with Gasteiger partial charge in [-0.3, -0.25) is 19.0 Å². The monoisotopic (exact) mass is 370 g/mol. The van der Waals surface area contributed by atoms with E-state index in [1.807, 2.05) is 12.3 Å². The molecule has 0 unspecified atom stereocenters. The molecule has 0 saturated carbocycles. The maximum absolute atomic E-state index is 12.3. The number of nitrogens with one attached hydrogen (secondary N) is 2. The van der Waals surface area contributed by atoms with Gasteiger partial charge in [0.2, 0.25) is 5.91 Å². The summed E-state index contributed by atoms with van der Waals surface area (Å²) in [7, 11) is 0. The third kappa shape index (κ3) is 3.80. The van der Waals surface area contributed by atoms with E-state index in [0.717, 1.165) is 0 Å². The van der Waals surface area contributed by atoms with Gasteiger partial charge in [0.05, 0.1) is 23.0 Å².